The van der Waals surface area contributed by atoms with Crippen LogP contribution in [-0.2, 0) is 11.2 Å². The molecule has 4 aromatic rings. The van der Waals surface area contributed by atoms with Gasteiger partial charge in [-0.15, -0.1) is 0 Å². The molecule has 1 aromatic heterocycles. The fourth-order valence-corrected chi connectivity index (χ4v) is 3.47. The van der Waals surface area contributed by atoms with Gasteiger partial charge in [0.2, 0.25) is 0 Å². The van der Waals surface area contributed by atoms with Crippen molar-refractivity contribution in [1.29, 1.82) is 0 Å². The van der Waals surface area contributed by atoms with Crippen molar-refractivity contribution in [3.05, 3.63) is 84.6 Å². The number of nitrogens with one attached hydrogen (secondary N) is 2. The first-order chi connectivity index (χ1) is 14.6. The fourth-order valence-electron chi connectivity index (χ4n) is 3.47. The van der Waals surface area contributed by atoms with Crippen molar-refractivity contribution in [2.75, 3.05) is 11.9 Å². The quantitative estimate of drug-likeness (QED) is 0.420. The molecule has 0 spiro atoms. The summed E-state index contributed by atoms with van der Waals surface area (Å²) in [5, 5.41) is 3.99. The second kappa shape index (κ2) is 8.84. The van der Waals surface area contributed by atoms with Crippen LogP contribution in [0, 0.1) is 0 Å². The van der Waals surface area contributed by atoms with E-state index in [9.17, 15) is 4.79 Å². The predicted octanol–water partition coefficient (Wildman–Crippen LogP) is 4.74. The first-order valence-corrected chi connectivity index (χ1v) is 10.1. The van der Waals surface area contributed by atoms with Gasteiger partial charge in [0.1, 0.15) is 5.75 Å². The number of anilines is 1. The number of H-pyrrole nitrogens is 1. The standard InChI is InChI=1S/C25H25N3O2/c1-17(30-22-11-12-24-23(15-22)20(13-14-26)16-27-24)25(29)28-21-9-7-19(8-10-21)18-5-3-2-4-6-18/h2-12,15-17,27H,13-14,26H2,1H3,(H,28,29). The van der Waals surface area contributed by atoms with Crippen LogP contribution in [0.2, 0.25) is 0 Å². The van der Waals surface area contributed by atoms with Crippen LogP contribution < -0.4 is 15.8 Å². The Kier molecular flexibility index (Phi) is 5.82. The Hall–Kier alpha value is -3.57. The van der Waals surface area contributed by atoms with Gasteiger partial charge in [-0.25, -0.2) is 0 Å². The Labute approximate surface area is 175 Å². The Morgan fingerprint density at radius 2 is 1.77 bits per heavy atom. The van der Waals surface area contributed by atoms with E-state index in [0.29, 0.717) is 12.3 Å². The van der Waals surface area contributed by atoms with Crippen LogP contribution in [0.15, 0.2) is 79.0 Å². The van der Waals surface area contributed by atoms with E-state index in [1.807, 2.05) is 66.9 Å². The van der Waals surface area contributed by atoms with Gasteiger partial charge in [0.25, 0.3) is 5.91 Å². The van der Waals surface area contributed by atoms with Crippen molar-refractivity contribution in [1.82, 2.24) is 4.98 Å². The summed E-state index contributed by atoms with van der Waals surface area (Å²) < 4.78 is 5.89. The number of aromatic amines is 1. The van der Waals surface area contributed by atoms with Crippen molar-refractivity contribution in [3.63, 3.8) is 0 Å². The third-order valence-electron chi connectivity index (χ3n) is 5.09. The van der Waals surface area contributed by atoms with E-state index in [0.717, 1.165) is 39.7 Å². The van der Waals surface area contributed by atoms with E-state index < -0.39 is 6.10 Å². The summed E-state index contributed by atoms with van der Waals surface area (Å²) in [6.45, 7) is 2.33. The Morgan fingerprint density at radius 1 is 1.03 bits per heavy atom. The minimum atomic E-state index is -0.631. The smallest absolute Gasteiger partial charge is 0.265 e. The van der Waals surface area contributed by atoms with Gasteiger partial charge in [0.05, 0.1) is 0 Å². The van der Waals surface area contributed by atoms with Crippen LogP contribution in [0.5, 0.6) is 5.75 Å². The number of amides is 1. The lowest BCUT2D eigenvalue weighted by Crippen LogP contribution is -2.30. The van der Waals surface area contributed by atoms with Gasteiger partial charge in [0, 0.05) is 22.8 Å². The SMILES string of the molecule is CC(Oc1ccc2[nH]cc(CCN)c2c1)C(=O)Nc1ccc(-c2ccccc2)cc1. The molecule has 1 heterocycles. The average Bonchev–Trinajstić information content (AvgIpc) is 3.17. The third-order valence-corrected chi connectivity index (χ3v) is 5.09. The summed E-state index contributed by atoms with van der Waals surface area (Å²) in [4.78, 5) is 15.8. The summed E-state index contributed by atoms with van der Waals surface area (Å²) in [7, 11) is 0. The minimum Gasteiger partial charge on any atom is -0.481 e. The number of rotatable bonds is 7. The summed E-state index contributed by atoms with van der Waals surface area (Å²) in [6.07, 6.45) is 2.13. The molecule has 30 heavy (non-hydrogen) atoms. The molecule has 4 rings (SSSR count). The largest absolute Gasteiger partial charge is 0.481 e. The highest BCUT2D eigenvalue weighted by molar-refractivity contribution is 5.94. The Balaban J connectivity index is 1.41. The lowest BCUT2D eigenvalue weighted by Gasteiger charge is -2.15. The van der Waals surface area contributed by atoms with E-state index in [2.05, 4.69) is 22.4 Å². The van der Waals surface area contributed by atoms with E-state index in [1.165, 1.54) is 0 Å². The van der Waals surface area contributed by atoms with Crippen molar-refractivity contribution in [2.24, 2.45) is 5.73 Å². The monoisotopic (exact) mass is 399 g/mol. The van der Waals surface area contributed by atoms with Crippen LogP contribution >= 0.6 is 0 Å². The predicted molar refractivity (Wildman–Crippen MR) is 122 cm³/mol. The lowest BCUT2D eigenvalue weighted by molar-refractivity contribution is -0.122. The number of ether oxygens (including phenoxy) is 1. The van der Waals surface area contributed by atoms with Crippen LogP contribution in [0.4, 0.5) is 5.69 Å². The molecule has 1 unspecified atom stereocenters. The highest BCUT2D eigenvalue weighted by Gasteiger charge is 2.16. The Morgan fingerprint density at radius 3 is 2.50 bits per heavy atom. The molecular weight excluding hydrogens is 374 g/mol. The van der Waals surface area contributed by atoms with Crippen molar-refractivity contribution in [2.45, 2.75) is 19.4 Å². The Bertz CT molecular complexity index is 1130. The topological polar surface area (TPSA) is 80.1 Å². The number of fused-ring (bicyclic) bond motifs is 1. The molecule has 3 aromatic carbocycles. The van der Waals surface area contributed by atoms with Gasteiger partial charge < -0.3 is 20.8 Å². The molecule has 5 nitrogen and oxygen atoms in total. The maximum Gasteiger partial charge on any atom is 0.265 e. The normalized spacial score (nSPS) is 11.9. The van der Waals surface area contributed by atoms with Gasteiger partial charge in [-0.2, -0.15) is 0 Å². The number of benzene rings is 3. The van der Waals surface area contributed by atoms with Gasteiger partial charge in [-0.1, -0.05) is 42.5 Å². The molecule has 152 valence electrons. The van der Waals surface area contributed by atoms with Crippen molar-refractivity contribution >= 4 is 22.5 Å². The van der Waals surface area contributed by atoms with Crippen molar-refractivity contribution in [3.8, 4) is 16.9 Å². The average molecular weight is 399 g/mol. The molecule has 5 heteroatoms. The van der Waals surface area contributed by atoms with Gasteiger partial charge >= 0.3 is 0 Å². The molecule has 0 aliphatic rings. The summed E-state index contributed by atoms with van der Waals surface area (Å²) in [6, 6.07) is 23.7. The number of hydrogen-bond donors (Lipinski definition) is 3. The molecule has 0 saturated carbocycles. The van der Waals surface area contributed by atoms with E-state index in [4.69, 9.17) is 10.5 Å². The number of carbonyl (C=O) groups excluding carboxylic acids is 1. The molecule has 1 amide bonds. The zero-order chi connectivity index (χ0) is 20.9. The van der Waals surface area contributed by atoms with Gasteiger partial charge in [0.15, 0.2) is 6.10 Å². The van der Waals surface area contributed by atoms with Crippen LogP contribution in [0.3, 0.4) is 0 Å². The molecule has 0 bridgehead atoms. The summed E-state index contributed by atoms with van der Waals surface area (Å²) in [5.74, 6) is 0.459. The first kappa shape index (κ1) is 19.7. The fraction of sp³-hybridized carbons (Fsp3) is 0.160. The third kappa shape index (κ3) is 4.36. The molecule has 0 saturated heterocycles. The van der Waals surface area contributed by atoms with Gasteiger partial charge in [-0.3, -0.25) is 4.79 Å². The number of carbonyl (C=O) groups is 1. The molecule has 0 aliphatic carbocycles. The zero-order valence-corrected chi connectivity index (χ0v) is 16.9. The zero-order valence-electron chi connectivity index (χ0n) is 16.9. The summed E-state index contributed by atoms with van der Waals surface area (Å²) in [5.41, 5.74) is 10.8. The maximum absolute atomic E-state index is 12.6. The maximum atomic E-state index is 12.6. The second-order valence-corrected chi connectivity index (χ2v) is 7.25. The number of hydrogen-bond acceptors (Lipinski definition) is 3. The molecule has 1 atom stereocenters. The first-order valence-electron chi connectivity index (χ1n) is 10.1. The van der Waals surface area contributed by atoms with E-state index in [1.54, 1.807) is 6.92 Å². The van der Waals surface area contributed by atoms with Gasteiger partial charge in [-0.05, 0) is 66.9 Å². The van der Waals surface area contributed by atoms with Crippen molar-refractivity contribution < 1.29 is 9.53 Å². The molecular formula is C25H25N3O2. The summed E-state index contributed by atoms with van der Waals surface area (Å²) >= 11 is 0. The minimum absolute atomic E-state index is 0.196. The second-order valence-electron chi connectivity index (χ2n) is 7.25. The molecule has 0 radical (unpaired) electrons. The van der Waals surface area contributed by atoms with E-state index >= 15 is 0 Å². The van der Waals surface area contributed by atoms with Crippen LogP contribution in [-0.4, -0.2) is 23.5 Å². The molecule has 0 aliphatic heterocycles. The molecule has 4 N–H and O–H groups in total. The van der Waals surface area contributed by atoms with Crippen LogP contribution in [0.25, 0.3) is 22.0 Å². The molecule has 0 fully saturated rings. The number of nitrogens with two attached hydrogens (primary N) is 1. The lowest BCUT2D eigenvalue weighted by atomic mass is 10.1. The highest BCUT2D eigenvalue weighted by atomic mass is 16.5. The van der Waals surface area contributed by atoms with E-state index in [-0.39, 0.29) is 5.91 Å². The highest BCUT2D eigenvalue weighted by Crippen LogP contribution is 2.25. The number of aromatic nitrogens is 1. The van der Waals surface area contributed by atoms with Crippen LogP contribution in [0.1, 0.15) is 12.5 Å².